The average Bonchev–Trinajstić information content (AvgIpc) is 3.15. The summed E-state index contributed by atoms with van der Waals surface area (Å²) in [5, 5.41) is 9.34. The van der Waals surface area contributed by atoms with Gasteiger partial charge in [-0.2, -0.15) is 0 Å². The highest BCUT2D eigenvalue weighted by Gasteiger charge is 2.26. The highest BCUT2D eigenvalue weighted by atomic mass is 19.1. The van der Waals surface area contributed by atoms with Gasteiger partial charge in [0.05, 0.1) is 0 Å². The molecule has 0 saturated carbocycles. The summed E-state index contributed by atoms with van der Waals surface area (Å²) in [6.07, 6.45) is 5.28. The molecule has 1 unspecified atom stereocenters. The van der Waals surface area contributed by atoms with Gasteiger partial charge in [-0.05, 0) is 85.3 Å². The number of oxime groups is 1. The number of nitrogens with zero attached hydrogens (tertiary/aromatic N) is 2. The fourth-order valence-electron chi connectivity index (χ4n) is 4.17. The second kappa shape index (κ2) is 18.8. The van der Waals surface area contributed by atoms with Gasteiger partial charge in [0.15, 0.2) is 0 Å². The third kappa shape index (κ3) is 14.9. The fraction of sp³-hybridized carbons (Fsp3) is 0.594. The first-order chi connectivity index (χ1) is 19.8. The van der Waals surface area contributed by atoms with Gasteiger partial charge in [0.1, 0.15) is 35.7 Å². The van der Waals surface area contributed by atoms with Crippen molar-refractivity contribution in [2.75, 3.05) is 26.7 Å². The highest BCUT2D eigenvalue weighted by molar-refractivity contribution is 5.92. The molecule has 1 saturated heterocycles. The molecule has 2 N–H and O–H groups in total. The van der Waals surface area contributed by atoms with Gasteiger partial charge in [0.25, 0.3) is 5.91 Å². The number of hydrogen-bond donors (Lipinski definition) is 2. The molecule has 0 aromatic heterocycles. The van der Waals surface area contributed by atoms with E-state index in [2.05, 4.69) is 22.5 Å². The Kier molecular flexibility index (Phi) is 16.3. The molecule has 1 heterocycles. The number of nitrogens with one attached hydrogen (secondary N) is 2. The lowest BCUT2D eigenvalue weighted by atomic mass is 9.94. The standard InChI is InChI=1S/C25H44N4O5.C7H7F/c1-9-20(16-32-17-21(26-7)23(30)28-18(2)3)22(34-27-8)15-19-11-10-13-29(14-12-19)24(31)33-25(4,5)6;1-6-2-4-7(8)5-3-6/h17-19,26H,8-16H2,1-7H3,(H,28,30);2-5H,1H3/b21-17-,22-20+;. The van der Waals surface area contributed by atoms with Crippen LogP contribution in [-0.4, -0.2) is 62.0 Å². The maximum absolute atomic E-state index is 12.4. The van der Waals surface area contributed by atoms with E-state index >= 15 is 0 Å². The van der Waals surface area contributed by atoms with Crippen LogP contribution in [-0.2, 0) is 19.1 Å². The van der Waals surface area contributed by atoms with E-state index in [0.717, 1.165) is 36.2 Å². The number of aryl methyl sites for hydroxylation is 1. The first-order valence-electron chi connectivity index (χ1n) is 14.6. The third-order valence-electron chi connectivity index (χ3n) is 6.37. The van der Waals surface area contributed by atoms with Gasteiger partial charge in [-0.3, -0.25) is 4.79 Å². The minimum Gasteiger partial charge on any atom is -0.494 e. The number of benzene rings is 1. The van der Waals surface area contributed by atoms with Gasteiger partial charge in [-0.15, -0.1) is 0 Å². The van der Waals surface area contributed by atoms with Gasteiger partial charge in [-0.25, -0.2) is 9.18 Å². The summed E-state index contributed by atoms with van der Waals surface area (Å²) < 4.78 is 23.3. The Hall–Kier alpha value is -3.56. The van der Waals surface area contributed by atoms with E-state index in [-0.39, 0.29) is 30.5 Å². The van der Waals surface area contributed by atoms with E-state index < -0.39 is 5.60 Å². The summed E-state index contributed by atoms with van der Waals surface area (Å²) in [4.78, 5) is 32.0. The monoisotopic (exact) mass is 590 g/mol. The molecule has 236 valence electrons. The molecule has 0 spiro atoms. The van der Waals surface area contributed by atoms with Crippen molar-refractivity contribution in [1.29, 1.82) is 0 Å². The Morgan fingerprint density at radius 1 is 1.19 bits per heavy atom. The molecule has 0 bridgehead atoms. The van der Waals surface area contributed by atoms with E-state index in [0.29, 0.717) is 37.5 Å². The molecule has 10 heteroatoms. The van der Waals surface area contributed by atoms with E-state index in [1.165, 1.54) is 18.4 Å². The van der Waals surface area contributed by atoms with Crippen LogP contribution in [0.2, 0.25) is 0 Å². The number of amides is 2. The Morgan fingerprint density at radius 2 is 1.86 bits per heavy atom. The lowest BCUT2D eigenvalue weighted by molar-refractivity contribution is -0.118. The number of rotatable bonds is 11. The summed E-state index contributed by atoms with van der Waals surface area (Å²) in [6.45, 7) is 18.5. The lowest BCUT2D eigenvalue weighted by Gasteiger charge is -2.26. The van der Waals surface area contributed by atoms with Gasteiger partial charge in [0, 0.05) is 44.9 Å². The summed E-state index contributed by atoms with van der Waals surface area (Å²) in [6, 6.07) is 6.43. The Balaban J connectivity index is 0.000000942. The molecule has 1 atom stereocenters. The van der Waals surface area contributed by atoms with Gasteiger partial charge >= 0.3 is 6.09 Å². The van der Waals surface area contributed by atoms with Crippen LogP contribution in [0.4, 0.5) is 9.18 Å². The van der Waals surface area contributed by atoms with Crippen LogP contribution >= 0.6 is 0 Å². The predicted octanol–water partition coefficient (Wildman–Crippen LogP) is 6.45. The highest BCUT2D eigenvalue weighted by Crippen LogP contribution is 2.28. The van der Waals surface area contributed by atoms with Gasteiger partial charge in [0.2, 0.25) is 0 Å². The minimum atomic E-state index is -0.505. The number of allylic oxidation sites excluding steroid dienone is 1. The largest absolute Gasteiger partial charge is 0.494 e. The number of carbonyl (C=O) groups is 2. The van der Waals surface area contributed by atoms with Crippen molar-refractivity contribution in [2.45, 2.75) is 92.2 Å². The smallest absolute Gasteiger partial charge is 0.410 e. The molecule has 0 radical (unpaired) electrons. The fourth-order valence-corrected chi connectivity index (χ4v) is 4.17. The van der Waals surface area contributed by atoms with Crippen LogP contribution in [0.25, 0.3) is 0 Å². The molecule has 42 heavy (non-hydrogen) atoms. The van der Waals surface area contributed by atoms with Gasteiger partial charge < -0.3 is 29.8 Å². The summed E-state index contributed by atoms with van der Waals surface area (Å²) in [5.41, 5.74) is 1.89. The maximum Gasteiger partial charge on any atom is 0.410 e. The molecule has 1 aliphatic heterocycles. The number of carbonyl (C=O) groups excluding carboxylic acids is 2. The van der Waals surface area contributed by atoms with Crippen LogP contribution in [0.15, 0.2) is 52.7 Å². The summed E-state index contributed by atoms with van der Waals surface area (Å²) in [5.74, 6) is 0.678. The normalized spacial score (nSPS) is 16.3. The minimum absolute atomic E-state index is 0.0276. The average molecular weight is 591 g/mol. The molecular weight excluding hydrogens is 539 g/mol. The first kappa shape index (κ1) is 36.5. The maximum atomic E-state index is 12.4. The molecule has 0 aliphatic carbocycles. The van der Waals surface area contributed by atoms with Crippen LogP contribution < -0.4 is 10.6 Å². The van der Waals surface area contributed by atoms with Crippen molar-refractivity contribution in [3.8, 4) is 0 Å². The second-order valence-electron chi connectivity index (χ2n) is 11.6. The van der Waals surface area contributed by atoms with Crippen molar-refractivity contribution in [3.63, 3.8) is 0 Å². The predicted molar refractivity (Wildman–Crippen MR) is 165 cm³/mol. The zero-order valence-corrected chi connectivity index (χ0v) is 26.7. The molecule has 1 aromatic rings. The van der Waals surface area contributed by atoms with Crippen LogP contribution in [0, 0.1) is 18.7 Å². The SMILES string of the molecule is C=NO/C(CC1CCCN(C(=O)OC(C)(C)C)CC1)=C(\CC)CO/C=C(\NC)C(=O)NC(C)C.Cc1ccc(F)cc1. The lowest BCUT2D eigenvalue weighted by Crippen LogP contribution is -2.37. The molecule has 1 aliphatic rings. The molecule has 2 rings (SSSR count). The number of hydrogen-bond acceptors (Lipinski definition) is 7. The Labute approximate surface area is 251 Å². The van der Waals surface area contributed by atoms with Crippen LogP contribution in [0.5, 0.6) is 0 Å². The zero-order chi connectivity index (χ0) is 31.7. The van der Waals surface area contributed by atoms with E-state index in [4.69, 9.17) is 14.3 Å². The van der Waals surface area contributed by atoms with E-state index in [1.54, 1.807) is 24.1 Å². The summed E-state index contributed by atoms with van der Waals surface area (Å²) in [7, 11) is 1.68. The molecular formula is C32H51FN4O5. The van der Waals surface area contributed by atoms with Crippen molar-refractivity contribution in [1.82, 2.24) is 15.5 Å². The number of ether oxygens (including phenoxy) is 2. The van der Waals surface area contributed by atoms with Crippen LogP contribution in [0.1, 0.15) is 79.2 Å². The number of likely N-dealkylation sites (tertiary alicyclic amines) is 1. The van der Waals surface area contributed by atoms with Crippen molar-refractivity contribution >= 4 is 18.7 Å². The number of halogens is 1. The molecule has 2 amide bonds. The molecule has 9 nitrogen and oxygen atoms in total. The Morgan fingerprint density at radius 3 is 2.38 bits per heavy atom. The topological polar surface area (TPSA) is 101 Å². The van der Waals surface area contributed by atoms with E-state index in [1.807, 2.05) is 48.5 Å². The van der Waals surface area contributed by atoms with Crippen molar-refractivity contribution in [3.05, 3.63) is 58.9 Å². The van der Waals surface area contributed by atoms with Gasteiger partial charge in [-0.1, -0.05) is 29.8 Å². The van der Waals surface area contributed by atoms with E-state index in [9.17, 15) is 14.0 Å². The Bertz CT molecular complexity index is 1030. The first-order valence-corrected chi connectivity index (χ1v) is 14.6. The van der Waals surface area contributed by atoms with Crippen molar-refractivity contribution < 1.29 is 28.3 Å². The number of likely N-dealkylation sites (N-methyl/N-ethyl adjacent to an activating group) is 1. The quantitative estimate of drug-likeness (QED) is 0.133. The zero-order valence-electron chi connectivity index (χ0n) is 26.7. The second-order valence-corrected chi connectivity index (χ2v) is 11.6. The van der Waals surface area contributed by atoms with Crippen molar-refractivity contribution in [2.24, 2.45) is 11.1 Å². The third-order valence-corrected chi connectivity index (χ3v) is 6.37. The molecule has 1 fully saturated rings. The summed E-state index contributed by atoms with van der Waals surface area (Å²) >= 11 is 0. The van der Waals surface area contributed by atoms with Crippen LogP contribution in [0.3, 0.4) is 0 Å². The molecule has 1 aromatic carbocycles.